The molecular formula is C18H19F3N6S. The minimum Gasteiger partial charge on any atom is -0.354 e. The summed E-state index contributed by atoms with van der Waals surface area (Å²) in [5.41, 5.74) is 1.35. The first-order valence-electron chi connectivity index (χ1n) is 9.52. The van der Waals surface area contributed by atoms with Crippen molar-refractivity contribution in [3.05, 3.63) is 33.5 Å². The first-order valence-corrected chi connectivity index (χ1v) is 10.3. The molecule has 5 rings (SSSR count). The topological polar surface area (TPSA) is 59.2 Å². The van der Waals surface area contributed by atoms with E-state index < -0.39 is 12.0 Å². The summed E-state index contributed by atoms with van der Waals surface area (Å²) in [5.74, 6) is -0.279. The molecule has 0 N–H and O–H groups in total. The van der Waals surface area contributed by atoms with Crippen LogP contribution in [0.15, 0.2) is 12.1 Å². The molecule has 1 aliphatic carbocycles. The molecule has 0 aromatic carbocycles. The molecule has 6 nitrogen and oxygen atoms in total. The third-order valence-electron chi connectivity index (χ3n) is 5.46. The fraction of sp³-hybridized carbons (Fsp3) is 0.556. The van der Waals surface area contributed by atoms with Crippen LogP contribution in [0.5, 0.6) is 0 Å². The molecule has 0 spiro atoms. The summed E-state index contributed by atoms with van der Waals surface area (Å²) in [5, 5.41) is 12.2. The summed E-state index contributed by atoms with van der Waals surface area (Å²) < 4.78 is 40.2. The van der Waals surface area contributed by atoms with Gasteiger partial charge in [-0.1, -0.05) is 0 Å². The Hall–Kier alpha value is -2.23. The molecule has 3 aromatic heterocycles. The average Bonchev–Trinajstić information content (AvgIpc) is 3.31. The van der Waals surface area contributed by atoms with Gasteiger partial charge in [-0.2, -0.15) is 17.7 Å². The van der Waals surface area contributed by atoms with Crippen LogP contribution in [0.25, 0.3) is 5.65 Å². The van der Waals surface area contributed by atoms with Crippen LogP contribution in [-0.2, 0) is 19.0 Å². The highest BCUT2D eigenvalue weighted by atomic mass is 32.1. The second-order valence-electron chi connectivity index (χ2n) is 7.40. The van der Waals surface area contributed by atoms with Crippen LogP contribution in [0.2, 0.25) is 0 Å². The van der Waals surface area contributed by atoms with Crippen LogP contribution in [0.4, 0.5) is 19.0 Å². The van der Waals surface area contributed by atoms with Gasteiger partial charge in [0.2, 0.25) is 0 Å². The standard InChI is InChI=1S/C18H19F3N6S/c19-18(20,21)17-24-23-14-7-8-15(25-27(14)17)26-9-3-4-11(10-26)16-22-12-5-1-2-6-13(12)28-16/h7-8,11H,1-6,9-10H2. The average molecular weight is 408 g/mol. The number of piperidine rings is 1. The Bertz CT molecular complexity index is 987. The van der Waals surface area contributed by atoms with Gasteiger partial charge in [-0.25, -0.2) is 4.98 Å². The quantitative estimate of drug-likeness (QED) is 0.644. The van der Waals surface area contributed by atoms with Crippen molar-refractivity contribution in [2.45, 2.75) is 50.6 Å². The Labute approximate surface area is 163 Å². The van der Waals surface area contributed by atoms with E-state index in [1.165, 1.54) is 29.5 Å². The van der Waals surface area contributed by atoms with E-state index in [1.54, 1.807) is 6.07 Å². The van der Waals surface area contributed by atoms with Crippen LogP contribution in [0.1, 0.15) is 53.0 Å². The maximum absolute atomic E-state index is 13.1. The van der Waals surface area contributed by atoms with Gasteiger partial charge in [-0.15, -0.1) is 26.6 Å². The number of anilines is 1. The maximum atomic E-state index is 13.1. The lowest BCUT2D eigenvalue weighted by molar-refractivity contribution is -0.146. The number of thiazole rings is 1. The highest BCUT2D eigenvalue weighted by molar-refractivity contribution is 7.11. The summed E-state index contributed by atoms with van der Waals surface area (Å²) in [6.45, 7) is 1.48. The molecule has 148 valence electrons. The minimum absolute atomic E-state index is 0.0947. The fourth-order valence-corrected chi connectivity index (χ4v) is 5.34. The Morgan fingerprint density at radius 2 is 1.93 bits per heavy atom. The monoisotopic (exact) mass is 408 g/mol. The highest BCUT2D eigenvalue weighted by Gasteiger charge is 2.38. The highest BCUT2D eigenvalue weighted by Crippen LogP contribution is 2.36. The molecular weight excluding hydrogens is 389 g/mol. The van der Waals surface area contributed by atoms with E-state index in [0.717, 1.165) is 41.8 Å². The number of aromatic nitrogens is 5. The minimum atomic E-state index is -4.59. The zero-order chi connectivity index (χ0) is 19.3. The summed E-state index contributed by atoms with van der Waals surface area (Å²) in [4.78, 5) is 8.35. The van der Waals surface area contributed by atoms with Gasteiger partial charge < -0.3 is 4.90 Å². The second kappa shape index (κ2) is 6.68. The molecule has 1 fully saturated rings. The van der Waals surface area contributed by atoms with Crippen LogP contribution in [0.3, 0.4) is 0 Å². The zero-order valence-corrected chi connectivity index (χ0v) is 15.9. The van der Waals surface area contributed by atoms with Crippen LogP contribution in [0, 0.1) is 0 Å². The van der Waals surface area contributed by atoms with Crippen LogP contribution >= 0.6 is 11.3 Å². The van der Waals surface area contributed by atoms with Crippen molar-refractivity contribution in [2.75, 3.05) is 18.0 Å². The van der Waals surface area contributed by atoms with Crippen molar-refractivity contribution < 1.29 is 13.2 Å². The van der Waals surface area contributed by atoms with Crippen LogP contribution < -0.4 is 4.90 Å². The van der Waals surface area contributed by atoms with Gasteiger partial charge in [0.05, 0.1) is 10.7 Å². The molecule has 1 unspecified atom stereocenters. The van der Waals surface area contributed by atoms with E-state index in [0.29, 0.717) is 18.3 Å². The van der Waals surface area contributed by atoms with Crippen molar-refractivity contribution in [3.8, 4) is 0 Å². The zero-order valence-electron chi connectivity index (χ0n) is 15.1. The molecule has 0 radical (unpaired) electrons. The normalized spacial score (nSPS) is 20.5. The number of hydrogen-bond donors (Lipinski definition) is 0. The smallest absolute Gasteiger partial charge is 0.354 e. The number of hydrogen-bond acceptors (Lipinski definition) is 6. The van der Waals surface area contributed by atoms with E-state index in [9.17, 15) is 13.2 Å². The van der Waals surface area contributed by atoms with Crippen LogP contribution in [-0.4, -0.2) is 37.9 Å². The van der Waals surface area contributed by atoms with Gasteiger partial charge in [0.1, 0.15) is 5.82 Å². The van der Waals surface area contributed by atoms with Gasteiger partial charge in [0, 0.05) is 23.9 Å². The molecule has 0 bridgehead atoms. The lowest BCUT2D eigenvalue weighted by Crippen LogP contribution is -2.35. The molecule has 28 heavy (non-hydrogen) atoms. The van der Waals surface area contributed by atoms with E-state index in [4.69, 9.17) is 4.98 Å². The predicted molar refractivity (Wildman–Crippen MR) is 98.7 cm³/mol. The van der Waals surface area contributed by atoms with E-state index in [1.807, 2.05) is 16.2 Å². The Kier molecular flexibility index (Phi) is 4.26. The van der Waals surface area contributed by atoms with Gasteiger partial charge in [0.25, 0.3) is 5.82 Å². The number of nitrogens with zero attached hydrogens (tertiary/aromatic N) is 6. The first kappa shape index (κ1) is 17.8. The second-order valence-corrected chi connectivity index (χ2v) is 8.51. The fourth-order valence-electron chi connectivity index (χ4n) is 4.06. The van der Waals surface area contributed by atoms with Gasteiger partial charge in [0.15, 0.2) is 5.65 Å². The molecule has 0 amide bonds. The third-order valence-corrected chi connectivity index (χ3v) is 6.78. The molecule has 1 saturated heterocycles. The number of alkyl halides is 3. The lowest BCUT2D eigenvalue weighted by Gasteiger charge is -2.32. The SMILES string of the molecule is FC(F)(F)c1nnc2ccc(N3CCCC(c4nc5c(s4)CCCC5)C3)nn12. The van der Waals surface area contributed by atoms with E-state index in [2.05, 4.69) is 15.3 Å². The predicted octanol–water partition coefficient (Wildman–Crippen LogP) is 3.86. The Balaban J connectivity index is 1.42. The molecule has 0 saturated carbocycles. The van der Waals surface area contributed by atoms with Gasteiger partial charge >= 0.3 is 6.18 Å². The Morgan fingerprint density at radius 3 is 2.75 bits per heavy atom. The number of aryl methyl sites for hydroxylation is 2. The van der Waals surface area contributed by atoms with Crippen molar-refractivity contribution >= 4 is 22.8 Å². The van der Waals surface area contributed by atoms with Gasteiger partial charge in [-0.3, -0.25) is 0 Å². The molecule has 2 aliphatic rings. The molecule has 3 aromatic rings. The number of rotatable bonds is 2. The van der Waals surface area contributed by atoms with Gasteiger partial charge in [-0.05, 0) is 50.7 Å². The Morgan fingerprint density at radius 1 is 1.07 bits per heavy atom. The molecule has 4 heterocycles. The van der Waals surface area contributed by atoms with Crippen molar-refractivity contribution in [1.29, 1.82) is 0 Å². The largest absolute Gasteiger partial charge is 0.453 e. The van der Waals surface area contributed by atoms with E-state index in [-0.39, 0.29) is 5.65 Å². The summed E-state index contributed by atoms with van der Waals surface area (Å²) in [6.07, 6.45) is 2.04. The maximum Gasteiger partial charge on any atom is 0.453 e. The molecule has 1 aliphatic heterocycles. The van der Waals surface area contributed by atoms with Crippen molar-refractivity contribution in [3.63, 3.8) is 0 Å². The lowest BCUT2D eigenvalue weighted by atomic mass is 9.98. The molecule has 10 heteroatoms. The first-order chi connectivity index (χ1) is 13.5. The molecule has 1 atom stereocenters. The summed E-state index contributed by atoms with van der Waals surface area (Å²) in [7, 11) is 0. The van der Waals surface area contributed by atoms with E-state index >= 15 is 0 Å². The van der Waals surface area contributed by atoms with Crippen molar-refractivity contribution in [2.24, 2.45) is 0 Å². The summed E-state index contributed by atoms with van der Waals surface area (Å²) >= 11 is 1.82. The van der Waals surface area contributed by atoms with Crippen molar-refractivity contribution in [1.82, 2.24) is 24.8 Å². The third kappa shape index (κ3) is 3.13. The number of fused-ring (bicyclic) bond motifs is 2. The number of halogens is 3. The summed E-state index contributed by atoms with van der Waals surface area (Å²) in [6, 6.07) is 3.26.